The van der Waals surface area contributed by atoms with E-state index in [2.05, 4.69) is 4.98 Å². The molecule has 1 aromatic heterocycles. The van der Waals surface area contributed by atoms with E-state index in [-0.39, 0.29) is 5.78 Å². The maximum atomic E-state index is 12.3. The molecule has 4 nitrogen and oxygen atoms in total. The third-order valence-corrected chi connectivity index (χ3v) is 3.50. The number of carbonyl (C=O) groups excluding carboxylic acids is 1. The zero-order valence-corrected chi connectivity index (χ0v) is 10.2. The molecule has 0 spiro atoms. The lowest BCUT2D eigenvalue weighted by atomic mass is 10.1. The SMILES string of the molecule is O=C(C[NH+]1CCOCC1)c1c[nH]c2ccccc12. The molecule has 0 bridgehead atoms. The summed E-state index contributed by atoms with van der Waals surface area (Å²) in [6, 6.07) is 7.93. The number of quaternary nitrogens is 1. The van der Waals surface area contributed by atoms with Crippen molar-refractivity contribution in [1.82, 2.24) is 4.98 Å². The lowest BCUT2D eigenvalue weighted by Crippen LogP contribution is -3.14. The fourth-order valence-electron chi connectivity index (χ4n) is 2.46. The second-order valence-corrected chi connectivity index (χ2v) is 4.71. The quantitative estimate of drug-likeness (QED) is 0.762. The van der Waals surface area contributed by atoms with Gasteiger partial charge in [-0.05, 0) is 6.07 Å². The van der Waals surface area contributed by atoms with Crippen molar-refractivity contribution in [2.24, 2.45) is 0 Å². The molecule has 0 aliphatic carbocycles. The molecular weight excluding hydrogens is 228 g/mol. The van der Waals surface area contributed by atoms with Gasteiger partial charge in [0, 0.05) is 22.7 Å². The standard InChI is InChI=1S/C14H16N2O2/c17-14(10-16-5-7-18-8-6-16)12-9-15-13-4-2-1-3-11(12)13/h1-4,9,15H,5-8,10H2/p+1. The summed E-state index contributed by atoms with van der Waals surface area (Å²) in [6.07, 6.45) is 1.83. The van der Waals surface area contributed by atoms with E-state index in [1.165, 1.54) is 4.90 Å². The Hall–Kier alpha value is -1.65. The highest BCUT2D eigenvalue weighted by atomic mass is 16.5. The lowest BCUT2D eigenvalue weighted by molar-refractivity contribution is -0.899. The van der Waals surface area contributed by atoms with Gasteiger partial charge in [-0.1, -0.05) is 18.2 Å². The number of nitrogens with one attached hydrogen (secondary N) is 2. The van der Waals surface area contributed by atoms with E-state index in [1.54, 1.807) is 0 Å². The van der Waals surface area contributed by atoms with Crippen molar-refractivity contribution in [3.8, 4) is 0 Å². The van der Waals surface area contributed by atoms with Crippen LogP contribution in [0.25, 0.3) is 10.9 Å². The van der Waals surface area contributed by atoms with Gasteiger partial charge in [0.25, 0.3) is 0 Å². The van der Waals surface area contributed by atoms with Gasteiger partial charge in [-0.2, -0.15) is 0 Å². The Morgan fingerprint density at radius 1 is 1.28 bits per heavy atom. The normalized spacial score (nSPS) is 17.1. The highest BCUT2D eigenvalue weighted by Gasteiger charge is 2.20. The number of hydrogen-bond donors (Lipinski definition) is 2. The highest BCUT2D eigenvalue weighted by Crippen LogP contribution is 2.17. The molecule has 4 heteroatoms. The van der Waals surface area contributed by atoms with Gasteiger partial charge in [0.15, 0.2) is 0 Å². The van der Waals surface area contributed by atoms with Crippen LogP contribution in [0.5, 0.6) is 0 Å². The number of rotatable bonds is 3. The maximum absolute atomic E-state index is 12.3. The monoisotopic (exact) mass is 245 g/mol. The Kier molecular flexibility index (Phi) is 3.13. The van der Waals surface area contributed by atoms with E-state index in [0.29, 0.717) is 6.54 Å². The number of aromatic nitrogens is 1. The minimum atomic E-state index is 0.212. The second-order valence-electron chi connectivity index (χ2n) is 4.71. The zero-order chi connectivity index (χ0) is 12.4. The number of carbonyl (C=O) groups is 1. The van der Waals surface area contributed by atoms with E-state index in [9.17, 15) is 4.79 Å². The predicted molar refractivity (Wildman–Crippen MR) is 69.0 cm³/mol. The van der Waals surface area contributed by atoms with Crippen LogP contribution in [-0.2, 0) is 4.74 Å². The van der Waals surface area contributed by atoms with Crippen LogP contribution in [0.3, 0.4) is 0 Å². The number of para-hydroxylation sites is 1. The third kappa shape index (κ3) is 2.17. The molecule has 94 valence electrons. The van der Waals surface area contributed by atoms with E-state index >= 15 is 0 Å². The van der Waals surface area contributed by atoms with Crippen LogP contribution < -0.4 is 4.90 Å². The van der Waals surface area contributed by atoms with Crippen molar-refractivity contribution in [1.29, 1.82) is 0 Å². The number of fused-ring (bicyclic) bond motifs is 1. The van der Waals surface area contributed by atoms with Gasteiger partial charge in [0.2, 0.25) is 5.78 Å². The van der Waals surface area contributed by atoms with Crippen LogP contribution in [0.15, 0.2) is 30.5 Å². The first kappa shape index (κ1) is 11.4. The van der Waals surface area contributed by atoms with Crippen LogP contribution in [0, 0.1) is 0 Å². The molecule has 1 aliphatic rings. The van der Waals surface area contributed by atoms with Crippen molar-refractivity contribution in [3.63, 3.8) is 0 Å². The molecule has 0 atom stereocenters. The average Bonchev–Trinajstić information content (AvgIpc) is 2.84. The van der Waals surface area contributed by atoms with E-state index in [0.717, 1.165) is 42.8 Å². The molecular formula is C14H17N2O2+. The number of benzene rings is 1. The second kappa shape index (κ2) is 4.92. The molecule has 0 radical (unpaired) electrons. The number of ether oxygens (including phenoxy) is 1. The largest absolute Gasteiger partial charge is 0.370 e. The number of ketones is 1. The number of morpholine rings is 1. The molecule has 1 aromatic carbocycles. The molecule has 2 aromatic rings. The predicted octanol–water partition coefficient (Wildman–Crippen LogP) is 0.266. The van der Waals surface area contributed by atoms with Crippen LogP contribution >= 0.6 is 0 Å². The van der Waals surface area contributed by atoms with Crippen molar-refractivity contribution in [3.05, 3.63) is 36.0 Å². The van der Waals surface area contributed by atoms with Gasteiger partial charge in [0.1, 0.15) is 19.6 Å². The van der Waals surface area contributed by atoms with Crippen molar-refractivity contribution in [2.45, 2.75) is 0 Å². The first-order valence-electron chi connectivity index (χ1n) is 6.35. The Morgan fingerprint density at radius 2 is 2.06 bits per heavy atom. The van der Waals surface area contributed by atoms with Crippen molar-refractivity contribution in [2.75, 3.05) is 32.8 Å². The topological polar surface area (TPSA) is 46.5 Å². The third-order valence-electron chi connectivity index (χ3n) is 3.50. The summed E-state index contributed by atoms with van der Waals surface area (Å²) in [4.78, 5) is 16.8. The molecule has 1 saturated heterocycles. The van der Waals surface area contributed by atoms with Gasteiger partial charge in [0.05, 0.1) is 13.2 Å². The van der Waals surface area contributed by atoms with E-state index in [1.807, 2.05) is 30.5 Å². The van der Waals surface area contributed by atoms with Gasteiger partial charge in [-0.25, -0.2) is 0 Å². The molecule has 18 heavy (non-hydrogen) atoms. The molecule has 2 heterocycles. The molecule has 0 amide bonds. The number of Topliss-reactive ketones (excluding diaryl/α,β-unsaturated/α-hetero) is 1. The number of H-pyrrole nitrogens is 1. The minimum Gasteiger partial charge on any atom is -0.370 e. The van der Waals surface area contributed by atoms with Gasteiger partial charge >= 0.3 is 0 Å². The zero-order valence-electron chi connectivity index (χ0n) is 10.2. The summed E-state index contributed by atoms with van der Waals surface area (Å²) in [7, 11) is 0. The van der Waals surface area contributed by atoms with Crippen LogP contribution in [0.1, 0.15) is 10.4 Å². The summed E-state index contributed by atoms with van der Waals surface area (Å²) >= 11 is 0. The number of aromatic amines is 1. The Morgan fingerprint density at radius 3 is 2.89 bits per heavy atom. The Bertz CT molecular complexity index is 556. The summed E-state index contributed by atoms with van der Waals surface area (Å²) in [5, 5.41) is 1.02. The Labute approximate surface area is 106 Å². The lowest BCUT2D eigenvalue weighted by Gasteiger charge is -2.22. The summed E-state index contributed by atoms with van der Waals surface area (Å²) in [6.45, 7) is 3.93. The molecule has 0 unspecified atom stereocenters. The molecule has 0 saturated carbocycles. The maximum Gasteiger partial charge on any atom is 0.219 e. The van der Waals surface area contributed by atoms with Crippen LogP contribution in [0.4, 0.5) is 0 Å². The Balaban J connectivity index is 1.79. The van der Waals surface area contributed by atoms with Crippen molar-refractivity contribution < 1.29 is 14.4 Å². The van der Waals surface area contributed by atoms with E-state index in [4.69, 9.17) is 4.74 Å². The highest BCUT2D eigenvalue weighted by molar-refractivity contribution is 6.08. The van der Waals surface area contributed by atoms with Crippen LogP contribution in [0.2, 0.25) is 0 Å². The summed E-state index contributed by atoms with van der Waals surface area (Å²) in [5.41, 5.74) is 1.84. The first-order valence-corrected chi connectivity index (χ1v) is 6.35. The van der Waals surface area contributed by atoms with Crippen LogP contribution in [-0.4, -0.2) is 43.6 Å². The minimum absolute atomic E-state index is 0.212. The molecule has 3 rings (SSSR count). The molecule has 1 fully saturated rings. The van der Waals surface area contributed by atoms with Gasteiger partial charge < -0.3 is 14.6 Å². The average molecular weight is 245 g/mol. The van der Waals surface area contributed by atoms with Gasteiger partial charge in [-0.15, -0.1) is 0 Å². The molecule has 1 aliphatic heterocycles. The van der Waals surface area contributed by atoms with E-state index < -0.39 is 0 Å². The summed E-state index contributed by atoms with van der Waals surface area (Å²) < 4.78 is 5.30. The smallest absolute Gasteiger partial charge is 0.219 e. The van der Waals surface area contributed by atoms with Gasteiger partial charge in [-0.3, -0.25) is 4.79 Å². The van der Waals surface area contributed by atoms with Crippen molar-refractivity contribution >= 4 is 16.7 Å². The fraction of sp³-hybridized carbons (Fsp3) is 0.357. The fourth-order valence-corrected chi connectivity index (χ4v) is 2.46. The molecule has 2 N–H and O–H groups in total. The number of hydrogen-bond acceptors (Lipinski definition) is 2. The summed E-state index contributed by atoms with van der Waals surface area (Å²) in [5.74, 6) is 0.212. The first-order chi connectivity index (χ1) is 8.84.